The van der Waals surface area contributed by atoms with Crippen molar-refractivity contribution in [1.82, 2.24) is 4.90 Å². The van der Waals surface area contributed by atoms with Crippen molar-refractivity contribution >= 4 is 23.6 Å². The molecule has 0 saturated carbocycles. The van der Waals surface area contributed by atoms with Crippen LogP contribution in [0.25, 0.3) is 0 Å². The van der Waals surface area contributed by atoms with Gasteiger partial charge in [0.25, 0.3) is 0 Å². The fourth-order valence-electron chi connectivity index (χ4n) is 1.87. The highest BCUT2D eigenvalue weighted by Crippen LogP contribution is 2.24. The van der Waals surface area contributed by atoms with E-state index in [4.69, 9.17) is 4.74 Å². The molecule has 0 aromatic carbocycles. The number of hydrogen-bond acceptors (Lipinski definition) is 4. The Morgan fingerprint density at radius 1 is 1.35 bits per heavy atom. The molecule has 2 unspecified atom stereocenters. The van der Waals surface area contributed by atoms with Gasteiger partial charge < -0.3 is 9.64 Å². The highest BCUT2D eigenvalue weighted by molar-refractivity contribution is 8.00. The summed E-state index contributed by atoms with van der Waals surface area (Å²) in [5, 5.41) is 0.468. The molecule has 0 N–H and O–H groups in total. The number of nitrogens with zero attached hydrogens (tertiary/aromatic N) is 1. The molecule has 1 fully saturated rings. The molecule has 1 aliphatic rings. The molecule has 17 heavy (non-hydrogen) atoms. The normalized spacial score (nSPS) is 24.5. The maximum atomic E-state index is 12.0. The largest absolute Gasteiger partial charge is 0.466 e. The maximum absolute atomic E-state index is 12.0. The van der Waals surface area contributed by atoms with Crippen molar-refractivity contribution in [3.63, 3.8) is 0 Å². The molecule has 0 aliphatic carbocycles. The lowest BCUT2D eigenvalue weighted by Crippen LogP contribution is -2.48. The van der Waals surface area contributed by atoms with Gasteiger partial charge in [0.1, 0.15) is 0 Å². The summed E-state index contributed by atoms with van der Waals surface area (Å²) in [6.07, 6.45) is 0.456. The van der Waals surface area contributed by atoms with Gasteiger partial charge in [-0.3, -0.25) is 9.59 Å². The first-order chi connectivity index (χ1) is 8.06. The minimum absolute atomic E-state index is 0.0673. The summed E-state index contributed by atoms with van der Waals surface area (Å²) >= 11 is 1.89. The molecule has 0 aromatic rings. The van der Waals surface area contributed by atoms with Gasteiger partial charge in [-0.2, -0.15) is 11.8 Å². The van der Waals surface area contributed by atoms with Crippen LogP contribution in [0.2, 0.25) is 0 Å². The van der Waals surface area contributed by atoms with Crippen LogP contribution in [-0.2, 0) is 14.3 Å². The second kappa shape index (κ2) is 6.89. The van der Waals surface area contributed by atoms with Crippen LogP contribution in [0.5, 0.6) is 0 Å². The molecule has 0 aromatic heterocycles. The Labute approximate surface area is 107 Å². The zero-order chi connectivity index (χ0) is 12.8. The highest BCUT2D eigenvalue weighted by Gasteiger charge is 2.28. The third-order valence-electron chi connectivity index (χ3n) is 3.05. The number of carbonyl (C=O) groups is 2. The quantitative estimate of drug-likeness (QED) is 0.721. The van der Waals surface area contributed by atoms with Gasteiger partial charge in [0.2, 0.25) is 5.91 Å². The fraction of sp³-hybridized carbons (Fsp3) is 0.833. The van der Waals surface area contributed by atoms with E-state index < -0.39 is 0 Å². The first kappa shape index (κ1) is 14.4. The zero-order valence-corrected chi connectivity index (χ0v) is 11.6. The molecular weight excluding hydrogens is 238 g/mol. The summed E-state index contributed by atoms with van der Waals surface area (Å²) in [6, 6.07) is 0.253. The predicted molar refractivity (Wildman–Crippen MR) is 69.0 cm³/mol. The van der Waals surface area contributed by atoms with Gasteiger partial charge in [0.15, 0.2) is 0 Å². The van der Waals surface area contributed by atoms with Crippen molar-refractivity contribution < 1.29 is 14.3 Å². The molecule has 4 nitrogen and oxygen atoms in total. The molecule has 1 heterocycles. The summed E-state index contributed by atoms with van der Waals surface area (Å²) in [5.74, 6) is 0.766. The van der Waals surface area contributed by atoms with E-state index in [2.05, 4.69) is 13.8 Å². The minimum Gasteiger partial charge on any atom is -0.466 e. The number of esters is 1. The van der Waals surface area contributed by atoms with Gasteiger partial charge in [-0.1, -0.05) is 6.92 Å². The van der Waals surface area contributed by atoms with Crippen LogP contribution in [0.1, 0.15) is 33.6 Å². The number of amides is 1. The van der Waals surface area contributed by atoms with Crippen molar-refractivity contribution in [3.05, 3.63) is 0 Å². The van der Waals surface area contributed by atoms with Crippen LogP contribution in [0.3, 0.4) is 0 Å². The highest BCUT2D eigenvalue weighted by atomic mass is 32.2. The van der Waals surface area contributed by atoms with E-state index in [9.17, 15) is 9.59 Å². The lowest BCUT2D eigenvalue weighted by Gasteiger charge is -2.37. The molecule has 1 amide bonds. The monoisotopic (exact) mass is 259 g/mol. The van der Waals surface area contributed by atoms with Gasteiger partial charge in [-0.25, -0.2) is 0 Å². The summed E-state index contributed by atoms with van der Waals surface area (Å²) in [7, 11) is 0. The summed E-state index contributed by atoms with van der Waals surface area (Å²) in [4.78, 5) is 25.0. The Morgan fingerprint density at radius 3 is 2.71 bits per heavy atom. The smallest absolute Gasteiger partial charge is 0.306 e. The summed E-state index contributed by atoms with van der Waals surface area (Å²) in [6.45, 7) is 7.14. The number of ether oxygens (including phenoxy) is 1. The lowest BCUT2D eigenvalue weighted by molar-refractivity contribution is -0.146. The van der Waals surface area contributed by atoms with Gasteiger partial charge in [0, 0.05) is 30.0 Å². The average Bonchev–Trinajstić information content (AvgIpc) is 2.30. The van der Waals surface area contributed by atoms with E-state index in [0.29, 0.717) is 11.9 Å². The number of hydrogen-bond donors (Lipinski definition) is 0. The van der Waals surface area contributed by atoms with Crippen LogP contribution in [0.15, 0.2) is 0 Å². The molecule has 1 saturated heterocycles. The van der Waals surface area contributed by atoms with Gasteiger partial charge in [0.05, 0.1) is 13.0 Å². The SMILES string of the molecule is CCOC(=O)CCC(=O)N1CCSC(C)C1C. The maximum Gasteiger partial charge on any atom is 0.306 e. The second-order valence-electron chi connectivity index (χ2n) is 4.21. The van der Waals surface area contributed by atoms with Crippen LogP contribution < -0.4 is 0 Å². The third kappa shape index (κ3) is 4.22. The standard InChI is InChI=1S/C12H21NO3S/c1-4-16-12(15)6-5-11(14)13-7-8-17-10(3)9(13)2/h9-10H,4-8H2,1-3H3. The van der Waals surface area contributed by atoms with E-state index in [1.165, 1.54) is 0 Å². The Bertz CT molecular complexity index is 283. The Hall–Kier alpha value is -0.710. The topological polar surface area (TPSA) is 46.6 Å². The van der Waals surface area contributed by atoms with E-state index in [0.717, 1.165) is 12.3 Å². The third-order valence-corrected chi connectivity index (χ3v) is 4.39. The van der Waals surface area contributed by atoms with Crippen LogP contribution in [0.4, 0.5) is 0 Å². The zero-order valence-electron chi connectivity index (χ0n) is 10.8. The molecule has 98 valence electrons. The van der Waals surface area contributed by atoms with E-state index in [1.807, 2.05) is 16.7 Å². The molecule has 0 radical (unpaired) electrons. The van der Waals surface area contributed by atoms with E-state index >= 15 is 0 Å². The average molecular weight is 259 g/mol. The Morgan fingerprint density at radius 2 is 2.06 bits per heavy atom. The van der Waals surface area contributed by atoms with Gasteiger partial charge in [-0.05, 0) is 13.8 Å². The van der Waals surface area contributed by atoms with Crippen LogP contribution >= 0.6 is 11.8 Å². The molecule has 1 aliphatic heterocycles. The predicted octanol–water partition coefficient (Wildman–Crippen LogP) is 1.68. The van der Waals surface area contributed by atoms with Crippen molar-refractivity contribution in [2.75, 3.05) is 18.9 Å². The minimum atomic E-state index is -0.284. The van der Waals surface area contributed by atoms with Crippen LogP contribution in [0, 0.1) is 0 Å². The van der Waals surface area contributed by atoms with E-state index in [-0.39, 0.29) is 30.8 Å². The molecule has 0 spiro atoms. The summed E-state index contributed by atoms with van der Waals surface area (Å²) in [5.41, 5.74) is 0. The van der Waals surface area contributed by atoms with Crippen molar-refractivity contribution in [2.45, 2.75) is 44.9 Å². The van der Waals surface area contributed by atoms with Gasteiger partial charge >= 0.3 is 5.97 Å². The first-order valence-corrected chi connectivity index (χ1v) is 7.17. The lowest BCUT2D eigenvalue weighted by atomic mass is 10.1. The fourth-order valence-corrected chi connectivity index (χ4v) is 2.97. The second-order valence-corrected chi connectivity index (χ2v) is 5.69. The van der Waals surface area contributed by atoms with Crippen LogP contribution in [-0.4, -0.2) is 47.0 Å². The number of carbonyl (C=O) groups excluding carboxylic acids is 2. The first-order valence-electron chi connectivity index (χ1n) is 6.13. The van der Waals surface area contributed by atoms with Crippen molar-refractivity contribution in [3.8, 4) is 0 Å². The van der Waals surface area contributed by atoms with E-state index in [1.54, 1.807) is 6.92 Å². The van der Waals surface area contributed by atoms with Crippen molar-refractivity contribution in [2.24, 2.45) is 0 Å². The van der Waals surface area contributed by atoms with Crippen molar-refractivity contribution in [1.29, 1.82) is 0 Å². The Kier molecular flexibility index (Phi) is 5.82. The van der Waals surface area contributed by atoms with Gasteiger partial charge in [-0.15, -0.1) is 0 Å². The molecular formula is C12H21NO3S. The molecule has 1 rings (SSSR count). The number of rotatable bonds is 4. The summed E-state index contributed by atoms with van der Waals surface area (Å²) < 4.78 is 4.81. The number of thioether (sulfide) groups is 1. The molecule has 2 atom stereocenters. The molecule has 0 bridgehead atoms. The molecule has 5 heteroatoms. The Balaban J connectivity index is 2.39.